The summed E-state index contributed by atoms with van der Waals surface area (Å²) in [6, 6.07) is 13.3. The predicted molar refractivity (Wildman–Crippen MR) is 159 cm³/mol. The van der Waals surface area contributed by atoms with Crippen molar-refractivity contribution in [3.8, 4) is 0 Å². The molecule has 10 heteroatoms. The van der Waals surface area contributed by atoms with Crippen molar-refractivity contribution in [1.29, 1.82) is 0 Å². The van der Waals surface area contributed by atoms with Gasteiger partial charge in [-0.25, -0.2) is 0 Å². The first-order valence-corrected chi connectivity index (χ1v) is 14.5. The van der Waals surface area contributed by atoms with E-state index >= 15 is 0 Å². The van der Waals surface area contributed by atoms with Gasteiger partial charge in [0.25, 0.3) is 11.8 Å². The van der Waals surface area contributed by atoms with Crippen molar-refractivity contribution in [2.75, 3.05) is 17.6 Å². The highest BCUT2D eigenvalue weighted by molar-refractivity contribution is 6.47. The van der Waals surface area contributed by atoms with Crippen LogP contribution in [-0.4, -0.2) is 49.0 Å². The maximum absolute atomic E-state index is 13.0. The average Bonchev–Trinajstić information content (AvgIpc) is 3.30. The highest BCUT2D eigenvalue weighted by Gasteiger charge is 2.67. The summed E-state index contributed by atoms with van der Waals surface area (Å²) >= 11 is 0. The van der Waals surface area contributed by atoms with Crippen LogP contribution in [0.15, 0.2) is 48.5 Å². The molecule has 1 aliphatic heterocycles. The van der Waals surface area contributed by atoms with Crippen molar-refractivity contribution >= 4 is 36.2 Å². The van der Waals surface area contributed by atoms with Crippen molar-refractivity contribution in [3.63, 3.8) is 0 Å². The molecule has 2 aromatic carbocycles. The molecule has 2 unspecified atom stereocenters. The Kier molecular flexibility index (Phi) is 7.91. The molecule has 3 aliphatic carbocycles. The van der Waals surface area contributed by atoms with Gasteiger partial charge in [-0.2, -0.15) is 0 Å². The summed E-state index contributed by atoms with van der Waals surface area (Å²) in [7, 11) is -0.531. The molecule has 0 spiro atoms. The van der Waals surface area contributed by atoms with E-state index in [1.165, 1.54) is 12.5 Å². The second kappa shape index (κ2) is 11.1. The van der Waals surface area contributed by atoms with Crippen molar-refractivity contribution in [1.82, 2.24) is 10.6 Å². The van der Waals surface area contributed by atoms with E-state index in [2.05, 4.69) is 50.6 Å². The minimum Gasteiger partial charge on any atom is -0.404 e. The lowest BCUT2D eigenvalue weighted by atomic mass is 9.45. The van der Waals surface area contributed by atoms with Gasteiger partial charge in [-0.15, -0.1) is 0 Å². The van der Waals surface area contributed by atoms with Gasteiger partial charge in [0.2, 0.25) is 5.91 Å². The third-order valence-corrected chi connectivity index (χ3v) is 9.24. The molecule has 0 aromatic heterocycles. The molecule has 218 valence electrons. The Hall–Kier alpha value is -3.37. The van der Waals surface area contributed by atoms with Crippen LogP contribution in [0.4, 0.5) is 11.4 Å². The van der Waals surface area contributed by atoms with E-state index in [0.717, 1.165) is 6.42 Å². The van der Waals surface area contributed by atoms with E-state index in [4.69, 9.17) is 15.0 Å². The Morgan fingerprint density at radius 1 is 1.05 bits per heavy atom. The SMILES string of the molecule is CC(C)C[C@H](NC(=O)CNC(=O)c1cccc(C(=O)Nc2ccccc2N)c1)B1OC2C3C[C@H](C[C@]2(C)O1)C3(C)C. The molecule has 2 aromatic rings. The number of nitrogens with one attached hydrogen (secondary N) is 3. The molecule has 1 heterocycles. The largest absolute Gasteiger partial charge is 0.481 e. The number of amides is 3. The monoisotopic (exact) mass is 560 g/mol. The lowest BCUT2D eigenvalue weighted by molar-refractivity contribution is -0.185. The van der Waals surface area contributed by atoms with E-state index in [-0.39, 0.29) is 41.1 Å². The molecular weight excluding hydrogens is 519 g/mol. The number of hydrogen-bond acceptors (Lipinski definition) is 6. The summed E-state index contributed by atoms with van der Waals surface area (Å²) in [5.74, 6) is -0.113. The zero-order chi connectivity index (χ0) is 29.5. The fourth-order valence-corrected chi connectivity index (χ4v) is 6.79. The molecule has 1 saturated heterocycles. The molecule has 5 N–H and O–H groups in total. The highest BCUT2D eigenvalue weighted by Crippen LogP contribution is 2.64. The number of anilines is 2. The van der Waals surface area contributed by atoms with E-state index < -0.39 is 18.9 Å². The van der Waals surface area contributed by atoms with Gasteiger partial charge in [-0.1, -0.05) is 45.9 Å². The summed E-state index contributed by atoms with van der Waals surface area (Å²) in [5.41, 5.74) is 7.32. The quantitative estimate of drug-likeness (QED) is 0.270. The Morgan fingerprint density at radius 3 is 2.44 bits per heavy atom. The van der Waals surface area contributed by atoms with Crippen LogP contribution in [-0.2, 0) is 14.1 Å². The summed E-state index contributed by atoms with van der Waals surface area (Å²) in [4.78, 5) is 38.6. The molecule has 9 nitrogen and oxygen atoms in total. The van der Waals surface area contributed by atoms with Crippen LogP contribution in [0, 0.1) is 23.2 Å². The number of carbonyl (C=O) groups is 3. The van der Waals surface area contributed by atoms with E-state index in [9.17, 15) is 14.4 Å². The lowest BCUT2D eigenvalue weighted by Crippen LogP contribution is -2.63. The normalized spacial score (nSPS) is 26.5. The predicted octanol–water partition coefficient (Wildman–Crippen LogP) is 4.05. The fourth-order valence-electron chi connectivity index (χ4n) is 6.79. The molecule has 41 heavy (non-hydrogen) atoms. The van der Waals surface area contributed by atoms with Crippen LogP contribution in [0.3, 0.4) is 0 Å². The molecule has 3 amide bonds. The second-order valence-corrected chi connectivity index (χ2v) is 13.0. The second-order valence-electron chi connectivity index (χ2n) is 13.0. The number of benzene rings is 2. The summed E-state index contributed by atoms with van der Waals surface area (Å²) < 4.78 is 13.0. The van der Waals surface area contributed by atoms with Gasteiger partial charge in [0.05, 0.1) is 35.6 Å². The van der Waals surface area contributed by atoms with Crippen LogP contribution >= 0.6 is 0 Å². The van der Waals surface area contributed by atoms with E-state index in [1.54, 1.807) is 42.5 Å². The summed E-state index contributed by atoms with van der Waals surface area (Å²) in [6.07, 6.45) is 2.83. The molecule has 4 fully saturated rings. The number of nitrogens with two attached hydrogens (primary N) is 1. The van der Waals surface area contributed by atoms with Crippen LogP contribution in [0.5, 0.6) is 0 Å². The van der Waals surface area contributed by atoms with Gasteiger partial charge >= 0.3 is 7.12 Å². The van der Waals surface area contributed by atoms with Crippen molar-refractivity contribution in [3.05, 3.63) is 59.7 Å². The van der Waals surface area contributed by atoms with Crippen molar-refractivity contribution < 1.29 is 23.7 Å². The molecule has 0 radical (unpaired) electrons. The molecule has 2 bridgehead atoms. The highest BCUT2D eigenvalue weighted by atomic mass is 16.7. The van der Waals surface area contributed by atoms with Crippen molar-refractivity contribution in [2.45, 2.75) is 71.5 Å². The first kappa shape index (κ1) is 29.1. The average molecular weight is 561 g/mol. The summed E-state index contributed by atoms with van der Waals surface area (Å²) in [5, 5.41) is 8.48. The van der Waals surface area contributed by atoms with Gasteiger partial charge in [0.15, 0.2) is 0 Å². The zero-order valence-corrected chi connectivity index (χ0v) is 24.5. The molecular formula is C31H41BN4O5. The zero-order valence-electron chi connectivity index (χ0n) is 24.5. The molecule has 6 rings (SSSR count). The molecule has 3 saturated carbocycles. The van der Waals surface area contributed by atoms with Gasteiger partial charge < -0.3 is 31.0 Å². The maximum Gasteiger partial charge on any atom is 0.481 e. The Balaban J connectivity index is 1.18. The molecule has 5 atom stereocenters. The van der Waals surface area contributed by atoms with Crippen LogP contribution in [0.25, 0.3) is 0 Å². The number of nitrogen functional groups attached to an aromatic ring is 1. The van der Waals surface area contributed by atoms with Gasteiger partial charge in [-0.05, 0) is 79.7 Å². The van der Waals surface area contributed by atoms with Crippen LogP contribution in [0.2, 0.25) is 0 Å². The van der Waals surface area contributed by atoms with E-state index in [0.29, 0.717) is 41.1 Å². The third kappa shape index (κ3) is 5.86. The number of para-hydroxylation sites is 2. The fraction of sp³-hybridized carbons (Fsp3) is 0.516. The summed E-state index contributed by atoms with van der Waals surface area (Å²) in [6.45, 7) is 10.8. The smallest absolute Gasteiger partial charge is 0.404 e. The Bertz CT molecular complexity index is 1330. The minimum atomic E-state index is -0.531. The first-order chi connectivity index (χ1) is 19.4. The maximum atomic E-state index is 13.0. The van der Waals surface area contributed by atoms with Crippen LogP contribution < -0.4 is 21.7 Å². The topological polar surface area (TPSA) is 132 Å². The van der Waals surface area contributed by atoms with E-state index in [1.807, 2.05) is 0 Å². The Morgan fingerprint density at radius 2 is 1.76 bits per heavy atom. The number of hydrogen-bond donors (Lipinski definition) is 4. The van der Waals surface area contributed by atoms with Gasteiger partial charge in [0, 0.05) is 11.1 Å². The van der Waals surface area contributed by atoms with Gasteiger partial charge in [0.1, 0.15) is 0 Å². The molecule has 4 aliphatic rings. The lowest BCUT2D eigenvalue weighted by Gasteiger charge is -2.63. The van der Waals surface area contributed by atoms with Crippen molar-refractivity contribution in [2.24, 2.45) is 23.2 Å². The number of carbonyl (C=O) groups excluding carboxylic acids is 3. The first-order valence-electron chi connectivity index (χ1n) is 14.5. The Labute approximate surface area is 242 Å². The minimum absolute atomic E-state index is 0.0153. The van der Waals surface area contributed by atoms with Gasteiger partial charge in [-0.3, -0.25) is 14.4 Å². The van der Waals surface area contributed by atoms with Crippen LogP contribution in [0.1, 0.15) is 74.6 Å². The number of rotatable bonds is 9. The third-order valence-electron chi connectivity index (χ3n) is 9.24. The standard InChI is InChI=1S/C31H41BN4O5/c1-18(2)13-25(32-40-27-22-15-21(30(22,3)4)16-31(27,5)41-32)36-26(37)17-34-28(38)19-9-8-10-20(14-19)29(39)35-24-12-7-6-11-23(24)33/h6-12,14,18,21-22,25,27H,13,15-17,33H2,1-5H3,(H,34,38)(H,35,39)(H,36,37)/t21-,22?,25+,27?,31+/m1/s1.